The maximum atomic E-state index is 11.0. The molecule has 2 aromatic rings. The first-order valence-corrected chi connectivity index (χ1v) is 7.00. The number of aromatic hydroxyl groups is 2. The van der Waals surface area contributed by atoms with Crippen LogP contribution in [-0.2, 0) is 4.79 Å². The van der Waals surface area contributed by atoms with Crippen LogP contribution in [-0.4, -0.2) is 30.7 Å². The second kappa shape index (κ2) is 7.07. The van der Waals surface area contributed by atoms with Crippen LogP contribution in [0.5, 0.6) is 23.0 Å². The van der Waals surface area contributed by atoms with Crippen molar-refractivity contribution >= 4 is 23.5 Å². The van der Waals surface area contributed by atoms with Crippen LogP contribution in [0.1, 0.15) is 11.1 Å². The van der Waals surface area contributed by atoms with Crippen molar-refractivity contribution in [1.82, 2.24) is 0 Å². The lowest BCUT2D eigenvalue weighted by atomic mass is 9.96. The zero-order chi connectivity index (χ0) is 17.0. The topological polar surface area (TPSA) is 76.0 Å². The molecule has 0 amide bonds. The Morgan fingerprint density at radius 3 is 2.52 bits per heavy atom. The van der Waals surface area contributed by atoms with Crippen molar-refractivity contribution in [2.24, 2.45) is 0 Å². The molecule has 5 nitrogen and oxygen atoms in total. The molecule has 0 aliphatic rings. The first-order valence-electron chi connectivity index (χ1n) is 6.62. The predicted octanol–water partition coefficient (Wildman–Crippen LogP) is 3.40. The Balaban J connectivity index is 2.69. The zero-order valence-electron chi connectivity index (χ0n) is 12.5. The Kier molecular flexibility index (Phi) is 5.13. The standard InChI is InChI=1S/C17H15ClO5/c1-22-15-9-10(8-14(20)17(15)23-2)11(6-7-19)12-4-3-5-13(18)16(12)21/h3-9,20-21H,1-2H3/b11-6+. The molecule has 0 aliphatic carbocycles. The SMILES string of the molecule is COc1cc(/C(=C\C=O)c2cccc(Cl)c2O)cc(O)c1OC. The molecule has 2 N–H and O–H groups in total. The van der Waals surface area contributed by atoms with Gasteiger partial charge in [0.25, 0.3) is 0 Å². The number of methoxy groups -OCH3 is 2. The third-order valence-electron chi connectivity index (χ3n) is 3.28. The molecule has 2 aromatic carbocycles. The van der Waals surface area contributed by atoms with Crippen molar-refractivity contribution in [1.29, 1.82) is 0 Å². The van der Waals surface area contributed by atoms with Crippen LogP contribution in [0.4, 0.5) is 0 Å². The van der Waals surface area contributed by atoms with Crippen LogP contribution >= 0.6 is 11.6 Å². The minimum absolute atomic E-state index is 0.153. The Bertz CT molecular complexity index is 768. The van der Waals surface area contributed by atoms with E-state index in [4.69, 9.17) is 21.1 Å². The fraction of sp³-hybridized carbons (Fsp3) is 0.118. The molecule has 0 heterocycles. The molecule has 0 unspecified atom stereocenters. The summed E-state index contributed by atoms with van der Waals surface area (Å²) in [6, 6.07) is 7.80. The average molecular weight is 335 g/mol. The van der Waals surface area contributed by atoms with Crippen LogP contribution in [0.3, 0.4) is 0 Å². The fourth-order valence-corrected chi connectivity index (χ4v) is 2.42. The van der Waals surface area contributed by atoms with E-state index in [0.717, 1.165) is 0 Å². The lowest BCUT2D eigenvalue weighted by Crippen LogP contribution is -1.95. The van der Waals surface area contributed by atoms with E-state index in [0.29, 0.717) is 28.7 Å². The second-order valence-electron chi connectivity index (χ2n) is 4.58. The molecular formula is C17H15ClO5. The van der Waals surface area contributed by atoms with Crippen LogP contribution < -0.4 is 9.47 Å². The summed E-state index contributed by atoms with van der Waals surface area (Å²) in [7, 11) is 2.84. The van der Waals surface area contributed by atoms with Crippen molar-refractivity contribution in [3.63, 3.8) is 0 Å². The monoisotopic (exact) mass is 334 g/mol. The van der Waals surface area contributed by atoms with E-state index in [-0.39, 0.29) is 22.3 Å². The molecule has 0 radical (unpaired) electrons. The number of ether oxygens (including phenoxy) is 2. The molecule has 2 rings (SSSR count). The van der Waals surface area contributed by atoms with Gasteiger partial charge in [0.15, 0.2) is 11.5 Å². The average Bonchev–Trinajstić information content (AvgIpc) is 2.54. The number of phenolic OH excluding ortho intramolecular Hbond substituents is 2. The second-order valence-corrected chi connectivity index (χ2v) is 4.99. The number of halogens is 1. The van der Waals surface area contributed by atoms with Gasteiger partial charge < -0.3 is 19.7 Å². The van der Waals surface area contributed by atoms with Crippen LogP contribution in [0.15, 0.2) is 36.4 Å². The Hall–Kier alpha value is -2.66. The fourth-order valence-electron chi connectivity index (χ4n) is 2.24. The number of phenols is 2. The van der Waals surface area contributed by atoms with E-state index in [1.807, 2.05) is 0 Å². The van der Waals surface area contributed by atoms with E-state index in [1.54, 1.807) is 18.2 Å². The number of hydrogen-bond acceptors (Lipinski definition) is 5. The van der Waals surface area contributed by atoms with Crippen molar-refractivity contribution in [3.8, 4) is 23.0 Å². The number of allylic oxidation sites excluding steroid dienone is 1. The quantitative estimate of drug-likeness (QED) is 0.647. The smallest absolute Gasteiger partial charge is 0.203 e. The molecule has 0 fully saturated rings. The van der Waals surface area contributed by atoms with Crippen molar-refractivity contribution in [3.05, 3.63) is 52.6 Å². The minimum atomic E-state index is -0.156. The number of rotatable bonds is 5. The van der Waals surface area contributed by atoms with Crippen LogP contribution in [0.2, 0.25) is 5.02 Å². The van der Waals surface area contributed by atoms with Gasteiger partial charge in [-0.3, -0.25) is 4.79 Å². The zero-order valence-corrected chi connectivity index (χ0v) is 13.3. The molecule has 23 heavy (non-hydrogen) atoms. The Morgan fingerprint density at radius 1 is 1.17 bits per heavy atom. The first-order chi connectivity index (χ1) is 11.0. The van der Waals surface area contributed by atoms with E-state index < -0.39 is 0 Å². The third-order valence-corrected chi connectivity index (χ3v) is 3.59. The summed E-state index contributed by atoms with van der Waals surface area (Å²) in [5.74, 6) is 0.162. The van der Waals surface area contributed by atoms with E-state index in [9.17, 15) is 15.0 Å². The number of aldehydes is 1. The summed E-state index contributed by atoms with van der Waals surface area (Å²) in [6.07, 6.45) is 1.86. The summed E-state index contributed by atoms with van der Waals surface area (Å²) in [4.78, 5) is 11.0. The molecule has 0 saturated heterocycles. The lowest BCUT2D eigenvalue weighted by Gasteiger charge is -2.15. The number of hydrogen-bond donors (Lipinski definition) is 2. The van der Waals surface area contributed by atoms with Gasteiger partial charge in [-0.25, -0.2) is 0 Å². The molecule has 0 bridgehead atoms. The molecule has 120 valence electrons. The number of carbonyl (C=O) groups is 1. The maximum absolute atomic E-state index is 11.0. The van der Waals surface area contributed by atoms with Gasteiger partial charge in [-0.1, -0.05) is 23.7 Å². The number of benzene rings is 2. The predicted molar refractivity (Wildman–Crippen MR) is 87.5 cm³/mol. The highest BCUT2D eigenvalue weighted by atomic mass is 35.5. The molecule has 0 aromatic heterocycles. The summed E-state index contributed by atoms with van der Waals surface area (Å²) in [5.41, 5.74) is 1.21. The van der Waals surface area contributed by atoms with Crippen LogP contribution in [0, 0.1) is 0 Å². The highest BCUT2D eigenvalue weighted by Crippen LogP contribution is 2.42. The highest BCUT2D eigenvalue weighted by Gasteiger charge is 2.17. The lowest BCUT2D eigenvalue weighted by molar-refractivity contribution is -0.104. The number of carbonyl (C=O) groups excluding carboxylic acids is 1. The van der Waals surface area contributed by atoms with E-state index in [1.165, 1.54) is 32.4 Å². The summed E-state index contributed by atoms with van der Waals surface area (Å²) in [5, 5.41) is 20.4. The molecule has 0 spiro atoms. The normalized spacial score (nSPS) is 11.2. The molecule has 6 heteroatoms. The molecular weight excluding hydrogens is 320 g/mol. The van der Waals surface area contributed by atoms with Crippen molar-refractivity contribution in [2.75, 3.05) is 14.2 Å². The minimum Gasteiger partial charge on any atom is -0.506 e. The summed E-state index contributed by atoms with van der Waals surface area (Å²) in [6.45, 7) is 0. The largest absolute Gasteiger partial charge is 0.506 e. The maximum Gasteiger partial charge on any atom is 0.203 e. The van der Waals surface area contributed by atoms with Gasteiger partial charge in [0, 0.05) is 5.56 Å². The van der Waals surface area contributed by atoms with Crippen molar-refractivity contribution in [2.45, 2.75) is 0 Å². The number of para-hydroxylation sites is 1. The van der Waals surface area contributed by atoms with Gasteiger partial charge in [-0.05, 0) is 35.4 Å². The Morgan fingerprint density at radius 2 is 1.91 bits per heavy atom. The van der Waals surface area contributed by atoms with Gasteiger partial charge in [-0.2, -0.15) is 0 Å². The van der Waals surface area contributed by atoms with E-state index >= 15 is 0 Å². The summed E-state index contributed by atoms with van der Waals surface area (Å²) >= 11 is 5.92. The molecule has 0 saturated carbocycles. The van der Waals surface area contributed by atoms with Gasteiger partial charge in [-0.15, -0.1) is 0 Å². The Labute approximate surface area is 138 Å². The van der Waals surface area contributed by atoms with Gasteiger partial charge in [0.2, 0.25) is 5.75 Å². The van der Waals surface area contributed by atoms with Gasteiger partial charge >= 0.3 is 0 Å². The summed E-state index contributed by atoms with van der Waals surface area (Å²) < 4.78 is 10.3. The first kappa shape index (κ1) is 16.7. The highest BCUT2D eigenvalue weighted by molar-refractivity contribution is 6.32. The molecule has 0 aliphatic heterocycles. The van der Waals surface area contributed by atoms with Gasteiger partial charge in [0.1, 0.15) is 12.0 Å². The van der Waals surface area contributed by atoms with Crippen molar-refractivity contribution < 1.29 is 24.5 Å². The van der Waals surface area contributed by atoms with E-state index in [2.05, 4.69) is 0 Å². The third kappa shape index (κ3) is 3.24. The van der Waals surface area contributed by atoms with Crippen LogP contribution in [0.25, 0.3) is 5.57 Å². The van der Waals surface area contributed by atoms with Gasteiger partial charge in [0.05, 0.1) is 19.2 Å². The molecule has 0 atom stereocenters.